The van der Waals surface area contributed by atoms with Crippen LogP contribution in [0.15, 0.2) is 54.6 Å². The van der Waals surface area contributed by atoms with E-state index in [0.717, 1.165) is 11.3 Å². The molecule has 3 N–H and O–H groups in total. The molecule has 1 amide bonds. The number of rotatable bonds is 5. The largest absolute Gasteiger partial charge is 0.369 e. The Morgan fingerprint density at radius 3 is 2.46 bits per heavy atom. The Morgan fingerprint density at radius 1 is 1.08 bits per heavy atom. The Balaban J connectivity index is 1.62. The third kappa shape index (κ3) is 4.83. The molecule has 1 aliphatic heterocycles. The number of hydrogen-bond acceptors (Lipinski definition) is 5. The summed E-state index contributed by atoms with van der Waals surface area (Å²) in [6.07, 6.45) is 0.469. The molecule has 1 heterocycles. The number of anilines is 2. The molecule has 3 rings (SSSR count). The number of sulfone groups is 1. The minimum Gasteiger partial charge on any atom is -0.369 e. The summed E-state index contributed by atoms with van der Waals surface area (Å²) in [6.45, 7) is 0.931. The van der Waals surface area contributed by atoms with E-state index in [2.05, 4.69) is 5.32 Å². The van der Waals surface area contributed by atoms with Gasteiger partial charge in [-0.15, -0.1) is 0 Å². The van der Waals surface area contributed by atoms with Crippen molar-refractivity contribution in [3.05, 3.63) is 60.2 Å². The number of benzene rings is 2. The highest BCUT2D eigenvalue weighted by Gasteiger charge is 2.22. The second-order valence-corrected chi connectivity index (χ2v) is 8.78. The van der Waals surface area contributed by atoms with Crippen molar-refractivity contribution in [2.24, 2.45) is 5.73 Å². The minimum absolute atomic E-state index is 0.158. The van der Waals surface area contributed by atoms with Crippen LogP contribution < -0.4 is 16.0 Å². The topological polar surface area (TPSA) is 92.5 Å². The van der Waals surface area contributed by atoms with Crippen molar-refractivity contribution in [3.8, 4) is 0 Å². The van der Waals surface area contributed by atoms with E-state index in [0.29, 0.717) is 25.2 Å². The van der Waals surface area contributed by atoms with E-state index in [-0.39, 0.29) is 17.4 Å². The first-order valence-electron chi connectivity index (χ1n) is 8.59. The lowest BCUT2D eigenvalue weighted by Gasteiger charge is -2.29. The molecule has 0 saturated carbocycles. The number of carbonyl (C=O) groups excluding carboxylic acids is 1. The van der Waals surface area contributed by atoms with Crippen molar-refractivity contribution >= 4 is 27.1 Å². The van der Waals surface area contributed by atoms with E-state index >= 15 is 0 Å². The third-order valence-corrected chi connectivity index (χ3v) is 6.07. The maximum Gasteiger partial charge on any atom is 0.241 e. The van der Waals surface area contributed by atoms with Crippen LogP contribution in [0, 0.1) is 0 Å². The Labute approximate surface area is 153 Å². The molecule has 6 nitrogen and oxygen atoms in total. The number of nitrogens with two attached hydrogens (primary N) is 1. The van der Waals surface area contributed by atoms with Crippen LogP contribution in [-0.2, 0) is 21.1 Å². The molecule has 26 heavy (non-hydrogen) atoms. The van der Waals surface area contributed by atoms with Gasteiger partial charge in [0.05, 0.1) is 17.5 Å². The van der Waals surface area contributed by atoms with Crippen molar-refractivity contribution in [2.45, 2.75) is 12.5 Å². The molecule has 1 atom stereocenters. The van der Waals surface area contributed by atoms with Crippen LogP contribution in [0.4, 0.5) is 11.4 Å². The van der Waals surface area contributed by atoms with Crippen LogP contribution in [0.5, 0.6) is 0 Å². The Morgan fingerprint density at radius 2 is 1.77 bits per heavy atom. The summed E-state index contributed by atoms with van der Waals surface area (Å²) in [5.41, 5.74) is 8.59. The first-order valence-corrected chi connectivity index (χ1v) is 10.4. The lowest BCUT2D eigenvalue weighted by Crippen LogP contribution is -2.40. The molecule has 2 aromatic rings. The van der Waals surface area contributed by atoms with Crippen molar-refractivity contribution in [1.82, 2.24) is 0 Å². The highest BCUT2D eigenvalue weighted by molar-refractivity contribution is 7.91. The zero-order valence-corrected chi connectivity index (χ0v) is 15.3. The predicted molar refractivity (Wildman–Crippen MR) is 104 cm³/mol. The highest BCUT2D eigenvalue weighted by Crippen LogP contribution is 2.21. The van der Waals surface area contributed by atoms with Gasteiger partial charge in [0, 0.05) is 24.5 Å². The lowest BCUT2D eigenvalue weighted by molar-refractivity contribution is -0.117. The van der Waals surface area contributed by atoms with Gasteiger partial charge in [-0.25, -0.2) is 8.42 Å². The monoisotopic (exact) mass is 373 g/mol. The molecule has 1 unspecified atom stereocenters. The average Bonchev–Trinajstić information content (AvgIpc) is 2.62. The van der Waals surface area contributed by atoms with Gasteiger partial charge in [-0.1, -0.05) is 36.4 Å². The van der Waals surface area contributed by atoms with E-state index < -0.39 is 15.9 Å². The summed E-state index contributed by atoms with van der Waals surface area (Å²) in [4.78, 5) is 14.4. The van der Waals surface area contributed by atoms with Gasteiger partial charge in [-0.3, -0.25) is 4.79 Å². The molecule has 0 aliphatic carbocycles. The van der Waals surface area contributed by atoms with E-state index in [9.17, 15) is 13.2 Å². The number of carbonyl (C=O) groups is 1. The molecule has 1 aliphatic rings. The van der Waals surface area contributed by atoms with E-state index in [1.165, 1.54) is 0 Å². The van der Waals surface area contributed by atoms with Gasteiger partial charge < -0.3 is 16.0 Å². The van der Waals surface area contributed by atoms with Gasteiger partial charge in [0.1, 0.15) is 0 Å². The molecule has 1 saturated heterocycles. The normalized spacial score (nSPS) is 17.5. The Bertz CT molecular complexity index is 855. The van der Waals surface area contributed by atoms with Gasteiger partial charge >= 0.3 is 0 Å². The second-order valence-electron chi connectivity index (χ2n) is 6.47. The fourth-order valence-corrected chi connectivity index (χ4v) is 4.15. The molecular formula is C19H23N3O3S. The SMILES string of the molecule is NC(Cc1ccccc1)C(=O)Nc1cccc(N2CCS(=O)(=O)CC2)c1. The zero-order valence-electron chi connectivity index (χ0n) is 14.5. The molecule has 0 aromatic heterocycles. The maximum absolute atomic E-state index is 12.4. The van der Waals surface area contributed by atoms with Crippen molar-refractivity contribution in [2.75, 3.05) is 34.8 Å². The van der Waals surface area contributed by atoms with E-state index in [1.54, 1.807) is 6.07 Å². The van der Waals surface area contributed by atoms with Crippen LogP contribution in [-0.4, -0.2) is 45.0 Å². The smallest absolute Gasteiger partial charge is 0.241 e. The van der Waals surface area contributed by atoms with Gasteiger partial charge in [0.2, 0.25) is 5.91 Å². The summed E-state index contributed by atoms with van der Waals surface area (Å²) in [7, 11) is -2.92. The third-order valence-electron chi connectivity index (χ3n) is 4.46. The van der Waals surface area contributed by atoms with Crippen molar-refractivity contribution in [1.29, 1.82) is 0 Å². The molecule has 138 valence electrons. The van der Waals surface area contributed by atoms with Gasteiger partial charge in [-0.05, 0) is 30.2 Å². The Kier molecular flexibility index (Phi) is 5.58. The number of hydrogen-bond donors (Lipinski definition) is 2. The lowest BCUT2D eigenvalue weighted by atomic mass is 10.1. The van der Waals surface area contributed by atoms with Crippen LogP contribution in [0.1, 0.15) is 5.56 Å². The van der Waals surface area contributed by atoms with Crippen LogP contribution in [0.2, 0.25) is 0 Å². The molecule has 0 spiro atoms. The second kappa shape index (κ2) is 7.88. The molecule has 1 fully saturated rings. The van der Waals surface area contributed by atoms with Gasteiger partial charge in [-0.2, -0.15) is 0 Å². The van der Waals surface area contributed by atoms with Gasteiger partial charge in [0.15, 0.2) is 9.84 Å². The van der Waals surface area contributed by atoms with Crippen molar-refractivity contribution < 1.29 is 13.2 Å². The first kappa shape index (κ1) is 18.4. The summed E-state index contributed by atoms with van der Waals surface area (Å²) in [6, 6.07) is 16.4. The number of nitrogens with one attached hydrogen (secondary N) is 1. The zero-order chi connectivity index (χ0) is 18.6. The van der Waals surface area contributed by atoms with Crippen LogP contribution in [0.25, 0.3) is 0 Å². The van der Waals surface area contributed by atoms with Crippen LogP contribution in [0.3, 0.4) is 0 Å². The highest BCUT2D eigenvalue weighted by atomic mass is 32.2. The number of amides is 1. The summed E-state index contributed by atoms with van der Waals surface area (Å²) >= 11 is 0. The van der Waals surface area contributed by atoms with E-state index in [4.69, 9.17) is 5.73 Å². The molecule has 2 aromatic carbocycles. The first-order chi connectivity index (χ1) is 12.4. The summed E-state index contributed by atoms with van der Waals surface area (Å²) < 4.78 is 23.1. The predicted octanol–water partition coefficient (Wildman–Crippen LogP) is 1.43. The van der Waals surface area contributed by atoms with E-state index in [1.807, 2.05) is 53.4 Å². The average molecular weight is 373 g/mol. The molecule has 7 heteroatoms. The summed E-state index contributed by atoms with van der Waals surface area (Å²) in [5.74, 6) is 0.0732. The van der Waals surface area contributed by atoms with Crippen LogP contribution >= 0.6 is 0 Å². The molecular weight excluding hydrogens is 350 g/mol. The summed E-state index contributed by atoms with van der Waals surface area (Å²) in [5, 5.41) is 2.85. The van der Waals surface area contributed by atoms with Gasteiger partial charge in [0.25, 0.3) is 0 Å². The molecule has 0 bridgehead atoms. The standard InChI is InChI=1S/C19H23N3O3S/c20-18(13-15-5-2-1-3-6-15)19(23)21-16-7-4-8-17(14-16)22-9-11-26(24,25)12-10-22/h1-8,14,18H,9-13,20H2,(H,21,23). The number of nitrogens with zero attached hydrogens (tertiary/aromatic N) is 1. The minimum atomic E-state index is -2.92. The maximum atomic E-state index is 12.4. The fourth-order valence-electron chi connectivity index (χ4n) is 2.95. The quantitative estimate of drug-likeness (QED) is 0.827. The Hall–Kier alpha value is -2.38. The molecule has 0 radical (unpaired) electrons. The fraction of sp³-hybridized carbons (Fsp3) is 0.316. The van der Waals surface area contributed by atoms with Crippen molar-refractivity contribution in [3.63, 3.8) is 0 Å².